The quantitative estimate of drug-likeness (QED) is 0.609. The van der Waals surface area contributed by atoms with Gasteiger partial charge in [0.1, 0.15) is 5.82 Å². The van der Waals surface area contributed by atoms with Crippen LogP contribution in [-0.2, 0) is 6.42 Å². The summed E-state index contributed by atoms with van der Waals surface area (Å²) in [6.45, 7) is 7.08. The molecule has 1 aromatic carbocycles. The molecule has 2 unspecified atom stereocenters. The van der Waals surface area contributed by atoms with Crippen LogP contribution in [0.1, 0.15) is 32.8 Å². The van der Waals surface area contributed by atoms with Gasteiger partial charge in [0.2, 0.25) is 0 Å². The molecule has 1 aromatic rings. The van der Waals surface area contributed by atoms with Gasteiger partial charge < -0.3 is 5.32 Å². The molecule has 0 fully saturated rings. The number of nitro benzene ring substituents is 1. The number of rotatable bonds is 7. The predicted molar refractivity (Wildman–Crippen MR) is 73.7 cm³/mol. The molecule has 19 heavy (non-hydrogen) atoms. The van der Waals surface area contributed by atoms with E-state index in [0.717, 1.165) is 19.0 Å². The largest absolute Gasteiger partial charge is 0.314 e. The van der Waals surface area contributed by atoms with Gasteiger partial charge in [0, 0.05) is 12.1 Å². The van der Waals surface area contributed by atoms with E-state index in [2.05, 4.69) is 19.2 Å². The van der Waals surface area contributed by atoms with Crippen molar-refractivity contribution in [3.05, 3.63) is 39.7 Å². The summed E-state index contributed by atoms with van der Waals surface area (Å²) in [7, 11) is 0. The second-order valence-electron chi connectivity index (χ2n) is 4.79. The summed E-state index contributed by atoms with van der Waals surface area (Å²) in [5, 5.41) is 14.1. The Morgan fingerprint density at radius 3 is 2.58 bits per heavy atom. The highest BCUT2D eigenvalue weighted by molar-refractivity contribution is 5.35. The van der Waals surface area contributed by atoms with Gasteiger partial charge in [-0.1, -0.05) is 20.3 Å². The number of benzene rings is 1. The maximum atomic E-state index is 13.4. The normalized spacial score (nSPS) is 14.1. The maximum Gasteiger partial charge on any atom is 0.272 e. The summed E-state index contributed by atoms with van der Waals surface area (Å²) >= 11 is 0. The van der Waals surface area contributed by atoms with E-state index in [0.29, 0.717) is 23.9 Å². The van der Waals surface area contributed by atoms with Gasteiger partial charge in [-0.05, 0) is 37.4 Å². The van der Waals surface area contributed by atoms with Crippen molar-refractivity contribution in [2.75, 3.05) is 6.54 Å². The fraction of sp³-hybridized carbons (Fsp3) is 0.571. The number of nitro groups is 1. The van der Waals surface area contributed by atoms with Gasteiger partial charge in [0.25, 0.3) is 5.69 Å². The zero-order valence-corrected chi connectivity index (χ0v) is 11.6. The topological polar surface area (TPSA) is 55.2 Å². The van der Waals surface area contributed by atoms with Crippen molar-refractivity contribution in [3.8, 4) is 0 Å². The molecule has 106 valence electrons. The molecule has 0 saturated heterocycles. The summed E-state index contributed by atoms with van der Waals surface area (Å²) in [5.74, 6) is -0.212. The van der Waals surface area contributed by atoms with Crippen molar-refractivity contribution in [1.82, 2.24) is 5.32 Å². The van der Waals surface area contributed by atoms with Crippen molar-refractivity contribution in [2.45, 2.75) is 39.7 Å². The van der Waals surface area contributed by atoms with Crippen LogP contribution in [0.25, 0.3) is 0 Å². The summed E-state index contributed by atoms with van der Waals surface area (Å²) < 4.78 is 13.4. The highest BCUT2D eigenvalue weighted by atomic mass is 19.1. The fourth-order valence-corrected chi connectivity index (χ4v) is 2.32. The van der Waals surface area contributed by atoms with Gasteiger partial charge in [0.05, 0.1) is 11.0 Å². The first-order chi connectivity index (χ1) is 8.97. The zero-order valence-electron chi connectivity index (χ0n) is 11.6. The van der Waals surface area contributed by atoms with E-state index >= 15 is 0 Å². The first-order valence-electron chi connectivity index (χ1n) is 6.65. The fourth-order valence-electron chi connectivity index (χ4n) is 2.32. The number of nitrogens with zero attached hydrogens (tertiary/aromatic N) is 1. The molecule has 1 N–H and O–H groups in total. The molecule has 1 rings (SSSR count). The Balaban J connectivity index is 2.87. The van der Waals surface area contributed by atoms with Crippen LogP contribution < -0.4 is 5.32 Å². The van der Waals surface area contributed by atoms with E-state index in [9.17, 15) is 14.5 Å². The van der Waals surface area contributed by atoms with Crippen molar-refractivity contribution in [1.29, 1.82) is 0 Å². The zero-order chi connectivity index (χ0) is 14.4. The first-order valence-corrected chi connectivity index (χ1v) is 6.65. The van der Waals surface area contributed by atoms with Crippen molar-refractivity contribution < 1.29 is 9.31 Å². The Bertz CT molecular complexity index is 437. The van der Waals surface area contributed by atoms with Crippen LogP contribution in [0, 0.1) is 21.8 Å². The maximum absolute atomic E-state index is 13.4. The third-order valence-corrected chi connectivity index (χ3v) is 3.41. The Kier molecular flexibility index (Phi) is 5.89. The summed E-state index contributed by atoms with van der Waals surface area (Å²) in [5.41, 5.74) is 0.504. The molecule has 0 spiro atoms. The molecular weight excluding hydrogens is 247 g/mol. The summed E-state index contributed by atoms with van der Waals surface area (Å²) in [6, 6.07) is 4.11. The van der Waals surface area contributed by atoms with Gasteiger partial charge >= 0.3 is 0 Å². The second-order valence-corrected chi connectivity index (χ2v) is 4.79. The van der Waals surface area contributed by atoms with Crippen molar-refractivity contribution in [3.63, 3.8) is 0 Å². The highest BCUT2D eigenvalue weighted by Crippen LogP contribution is 2.21. The SMILES string of the molecule is CCNC(C)C(CC)Cc1cc(F)cc([N+](=O)[O-])c1. The van der Waals surface area contributed by atoms with E-state index in [1.165, 1.54) is 12.1 Å². The second kappa shape index (κ2) is 7.19. The Morgan fingerprint density at radius 1 is 1.37 bits per heavy atom. The van der Waals surface area contributed by atoms with E-state index in [1.807, 2.05) is 6.92 Å². The van der Waals surface area contributed by atoms with Crippen molar-refractivity contribution in [2.24, 2.45) is 5.92 Å². The third kappa shape index (κ3) is 4.59. The average molecular weight is 268 g/mol. The number of nitrogens with one attached hydrogen (secondary N) is 1. The molecule has 0 aliphatic carbocycles. The first kappa shape index (κ1) is 15.6. The van der Waals surface area contributed by atoms with E-state index in [4.69, 9.17) is 0 Å². The van der Waals surface area contributed by atoms with Gasteiger partial charge in [-0.3, -0.25) is 10.1 Å². The van der Waals surface area contributed by atoms with Gasteiger partial charge in [-0.25, -0.2) is 4.39 Å². The predicted octanol–water partition coefficient (Wildman–Crippen LogP) is 3.30. The summed E-state index contributed by atoms with van der Waals surface area (Å²) in [4.78, 5) is 10.2. The standard InChI is InChI=1S/C14H21FN2O2/c1-4-12(10(3)16-5-2)6-11-7-13(15)9-14(8-11)17(18)19/h7-10,12,16H,4-6H2,1-3H3. The van der Waals surface area contributed by atoms with Gasteiger partial charge in [-0.15, -0.1) is 0 Å². The van der Waals surface area contributed by atoms with E-state index < -0.39 is 10.7 Å². The lowest BCUT2D eigenvalue weighted by Crippen LogP contribution is -2.34. The lowest BCUT2D eigenvalue weighted by molar-refractivity contribution is -0.385. The van der Waals surface area contributed by atoms with Crippen LogP contribution in [-0.4, -0.2) is 17.5 Å². The Labute approximate surface area is 113 Å². The number of non-ortho nitro benzene ring substituents is 1. The van der Waals surface area contributed by atoms with E-state index in [-0.39, 0.29) is 5.69 Å². The third-order valence-electron chi connectivity index (χ3n) is 3.41. The van der Waals surface area contributed by atoms with Crippen LogP contribution in [0.3, 0.4) is 0 Å². The van der Waals surface area contributed by atoms with Crippen LogP contribution in [0.15, 0.2) is 18.2 Å². The molecule has 2 atom stereocenters. The number of hydrogen-bond acceptors (Lipinski definition) is 3. The average Bonchev–Trinajstić information content (AvgIpc) is 2.35. The molecule has 0 radical (unpaired) electrons. The van der Waals surface area contributed by atoms with Gasteiger partial charge in [-0.2, -0.15) is 0 Å². The molecule has 0 aliphatic rings. The van der Waals surface area contributed by atoms with Crippen LogP contribution in [0.2, 0.25) is 0 Å². The molecule has 0 amide bonds. The number of halogens is 1. The van der Waals surface area contributed by atoms with Crippen molar-refractivity contribution >= 4 is 5.69 Å². The molecular formula is C14H21FN2O2. The van der Waals surface area contributed by atoms with Crippen LogP contribution in [0.5, 0.6) is 0 Å². The summed E-state index contributed by atoms with van der Waals surface area (Å²) in [6.07, 6.45) is 1.59. The minimum Gasteiger partial charge on any atom is -0.314 e. The molecule has 0 saturated carbocycles. The van der Waals surface area contributed by atoms with Crippen LogP contribution >= 0.6 is 0 Å². The molecule has 0 aliphatic heterocycles. The Hall–Kier alpha value is -1.49. The lowest BCUT2D eigenvalue weighted by Gasteiger charge is -2.23. The minimum atomic E-state index is -0.554. The van der Waals surface area contributed by atoms with Gasteiger partial charge in [0.15, 0.2) is 0 Å². The lowest BCUT2D eigenvalue weighted by atomic mass is 9.90. The van der Waals surface area contributed by atoms with Crippen LogP contribution in [0.4, 0.5) is 10.1 Å². The minimum absolute atomic E-state index is 0.180. The molecule has 5 heteroatoms. The molecule has 0 bridgehead atoms. The smallest absolute Gasteiger partial charge is 0.272 e. The van der Waals surface area contributed by atoms with E-state index in [1.54, 1.807) is 0 Å². The number of hydrogen-bond donors (Lipinski definition) is 1. The highest BCUT2D eigenvalue weighted by Gasteiger charge is 2.17. The molecule has 0 heterocycles. The Morgan fingerprint density at radius 2 is 2.05 bits per heavy atom. The molecule has 4 nitrogen and oxygen atoms in total. The monoisotopic (exact) mass is 268 g/mol. The molecule has 0 aromatic heterocycles.